The minimum absolute atomic E-state index is 0. The molecular formula is C13H20Cl2N2O2S. The van der Waals surface area contributed by atoms with Gasteiger partial charge in [-0.3, -0.25) is 0 Å². The lowest BCUT2D eigenvalue weighted by atomic mass is 9.96. The van der Waals surface area contributed by atoms with Gasteiger partial charge in [-0.05, 0) is 43.5 Å². The lowest BCUT2D eigenvalue weighted by molar-refractivity contribution is 0.327. The van der Waals surface area contributed by atoms with Crippen LogP contribution in [-0.4, -0.2) is 27.5 Å². The van der Waals surface area contributed by atoms with E-state index >= 15 is 0 Å². The lowest BCUT2D eigenvalue weighted by Gasteiger charge is -2.30. The van der Waals surface area contributed by atoms with Crippen molar-refractivity contribution in [2.45, 2.75) is 31.2 Å². The van der Waals surface area contributed by atoms with Crippen LogP contribution in [0, 0.1) is 12.8 Å². The molecule has 2 N–H and O–H groups in total. The number of piperidine rings is 1. The third kappa shape index (κ3) is 4.09. The van der Waals surface area contributed by atoms with Crippen molar-refractivity contribution >= 4 is 34.0 Å². The number of rotatable bonds is 3. The number of aryl methyl sites for hydroxylation is 1. The molecule has 2 unspecified atom stereocenters. The number of hydrogen-bond donors (Lipinski definition) is 2. The molecule has 0 saturated carbocycles. The van der Waals surface area contributed by atoms with Gasteiger partial charge in [-0.1, -0.05) is 24.6 Å². The molecule has 0 bridgehead atoms. The van der Waals surface area contributed by atoms with Crippen LogP contribution in [-0.2, 0) is 10.0 Å². The Balaban J connectivity index is 0.00000200. The molecule has 114 valence electrons. The largest absolute Gasteiger partial charge is 0.315 e. The lowest BCUT2D eigenvalue weighted by Crippen LogP contribution is -2.50. The normalized spacial score (nSPS) is 23.1. The summed E-state index contributed by atoms with van der Waals surface area (Å²) >= 11 is 6.00. The summed E-state index contributed by atoms with van der Waals surface area (Å²) in [7, 11) is -3.57. The second-order valence-corrected chi connectivity index (χ2v) is 7.22. The third-order valence-corrected chi connectivity index (χ3v) is 5.48. The predicted octanol–water partition coefficient (Wildman–Crippen LogP) is 2.35. The molecule has 7 heteroatoms. The van der Waals surface area contributed by atoms with E-state index in [9.17, 15) is 8.42 Å². The summed E-state index contributed by atoms with van der Waals surface area (Å²) in [5.74, 6) is 0.319. The molecule has 20 heavy (non-hydrogen) atoms. The Morgan fingerprint density at radius 1 is 1.40 bits per heavy atom. The third-order valence-electron chi connectivity index (χ3n) is 3.51. The fraction of sp³-hybridized carbons (Fsp3) is 0.538. The van der Waals surface area contributed by atoms with Gasteiger partial charge in [-0.2, -0.15) is 0 Å². The van der Waals surface area contributed by atoms with E-state index in [0.717, 1.165) is 18.5 Å². The maximum Gasteiger partial charge on any atom is 0.242 e. The van der Waals surface area contributed by atoms with Crippen molar-refractivity contribution in [3.63, 3.8) is 0 Å². The van der Waals surface area contributed by atoms with Crippen molar-refractivity contribution < 1.29 is 8.42 Å². The summed E-state index contributed by atoms with van der Waals surface area (Å²) in [6.45, 7) is 5.50. The summed E-state index contributed by atoms with van der Waals surface area (Å²) in [6, 6.07) is 4.93. The molecule has 1 fully saturated rings. The standard InChI is InChI=1S/C13H19ClN2O2S.ClH/c1-9-3-4-11(14)13(7-9)19(17,18)16-12-8-15-6-5-10(12)2;/h3-4,7,10,12,15-16H,5-6,8H2,1-2H3;1H. The molecule has 4 nitrogen and oxygen atoms in total. The van der Waals surface area contributed by atoms with Crippen LogP contribution in [0.1, 0.15) is 18.9 Å². The molecule has 1 heterocycles. The predicted molar refractivity (Wildman–Crippen MR) is 84.2 cm³/mol. The van der Waals surface area contributed by atoms with Gasteiger partial charge >= 0.3 is 0 Å². The fourth-order valence-corrected chi connectivity index (χ4v) is 4.16. The van der Waals surface area contributed by atoms with E-state index in [4.69, 9.17) is 11.6 Å². The molecule has 1 aromatic carbocycles. The van der Waals surface area contributed by atoms with Gasteiger partial charge in [0.15, 0.2) is 0 Å². The summed E-state index contributed by atoms with van der Waals surface area (Å²) in [6.07, 6.45) is 0.967. The molecule has 1 saturated heterocycles. The van der Waals surface area contributed by atoms with Gasteiger partial charge in [-0.25, -0.2) is 13.1 Å². The van der Waals surface area contributed by atoms with Crippen LogP contribution in [0.5, 0.6) is 0 Å². The van der Waals surface area contributed by atoms with E-state index in [1.54, 1.807) is 18.2 Å². The number of benzene rings is 1. The molecule has 1 aromatic rings. The Bertz CT molecular complexity index is 563. The van der Waals surface area contributed by atoms with Crippen molar-refractivity contribution in [3.8, 4) is 0 Å². The SMILES string of the molecule is Cc1ccc(Cl)c(S(=O)(=O)NC2CNCCC2C)c1.Cl. The minimum Gasteiger partial charge on any atom is -0.315 e. The second kappa shape index (κ2) is 7.09. The smallest absolute Gasteiger partial charge is 0.242 e. The summed E-state index contributed by atoms with van der Waals surface area (Å²) < 4.78 is 27.5. The number of halogens is 2. The molecule has 2 atom stereocenters. The van der Waals surface area contributed by atoms with E-state index in [1.807, 2.05) is 6.92 Å². The second-order valence-electron chi connectivity index (χ2n) is 5.13. The fourth-order valence-electron chi connectivity index (χ4n) is 2.23. The zero-order chi connectivity index (χ0) is 14.0. The Kier molecular flexibility index (Phi) is 6.28. The first-order valence-corrected chi connectivity index (χ1v) is 8.25. The van der Waals surface area contributed by atoms with E-state index < -0.39 is 10.0 Å². The quantitative estimate of drug-likeness (QED) is 0.889. The molecule has 1 aliphatic heterocycles. The van der Waals surface area contributed by atoms with Gasteiger partial charge < -0.3 is 5.32 Å². The van der Waals surface area contributed by atoms with Crippen molar-refractivity contribution in [2.75, 3.05) is 13.1 Å². The highest BCUT2D eigenvalue weighted by Crippen LogP contribution is 2.23. The highest BCUT2D eigenvalue weighted by Gasteiger charge is 2.27. The monoisotopic (exact) mass is 338 g/mol. The topological polar surface area (TPSA) is 58.2 Å². The highest BCUT2D eigenvalue weighted by molar-refractivity contribution is 7.89. The first kappa shape index (κ1) is 17.7. The average Bonchev–Trinajstić information content (AvgIpc) is 2.35. The van der Waals surface area contributed by atoms with Crippen LogP contribution in [0.4, 0.5) is 0 Å². The molecule has 1 aliphatic rings. The molecule has 0 radical (unpaired) electrons. The average molecular weight is 339 g/mol. The minimum atomic E-state index is -3.57. The van der Waals surface area contributed by atoms with Crippen LogP contribution >= 0.6 is 24.0 Å². The Morgan fingerprint density at radius 3 is 2.75 bits per heavy atom. The van der Waals surface area contributed by atoms with Crippen molar-refractivity contribution in [1.82, 2.24) is 10.0 Å². The van der Waals surface area contributed by atoms with E-state index in [1.165, 1.54) is 0 Å². The first-order chi connectivity index (χ1) is 8.90. The molecule has 2 rings (SSSR count). The van der Waals surface area contributed by atoms with Gasteiger partial charge in [0, 0.05) is 12.6 Å². The number of hydrogen-bond acceptors (Lipinski definition) is 3. The zero-order valence-corrected chi connectivity index (χ0v) is 13.9. The molecule has 0 spiro atoms. The first-order valence-electron chi connectivity index (χ1n) is 6.39. The van der Waals surface area contributed by atoms with Gasteiger partial charge in [0.1, 0.15) is 4.90 Å². The van der Waals surface area contributed by atoms with Crippen molar-refractivity contribution in [3.05, 3.63) is 28.8 Å². The van der Waals surface area contributed by atoms with Gasteiger partial charge in [0.25, 0.3) is 0 Å². The molecular weight excluding hydrogens is 319 g/mol. The van der Waals surface area contributed by atoms with Crippen LogP contribution in [0.25, 0.3) is 0 Å². The van der Waals surface area contributed by atoms with Crippen LogP contribution in [0.15, 0.2) is 23.1 Å². The summed E-state index contributed by atoms with van der Waals surface area (Å²) in [5, 5.41) is 3.46. The van der Waals surface area contributed by atoms with Gasteiger partial charge in [0.05, 0.1) is 5.02 Å². The van der Waals surface area contributed by atoms with E-state index in [0.29, 0.717) is 12.5 Å². The van der Waals surface area contributed by atoms with Gasteiger partial charge in [0.2, 0.25) is 10.0 Å². The molecule has 0 aromatic heterocycles. The highest BCUT2D eigenvalue weighted by atomic mass is 35.5. The maximum atomic E-state index is 12.4. The van der Waals surface area contributed by atoms with Crippen molar-refractivity contribution in [1.29, 1.82) is 0 Å². The number of nitrogens with one attached hydrogen (secondary N) is 2. The Hall–Kier alpha value is -0.330. The van der Waals surface area contributed by atoms with E-state index in [-0.39, 0.29) is 28.4 Å². The maximum absolute atomic E-state index is 12.4. The summed E-state index contributed by atoms with van der Waals surface area (Å²) in [5.41, 5.74) is 0.875. The van der Waals surface area contributed by atoms with Crippen LogP contribution in [0.3, 0.4) is 0 Å². The number of sulfonamides is 1. The molecule has 0 amide bonds. The summed E-state index contributed by atoms with van der Waals surface area (Å²) in [4.78, 5) is 0.159. The zero-order valence-electron chi connectivity index (χ0n) is 11.5. The van der Waals surface area contributed by atoms with Crippen LogP contribution < -0.4 is 10.0 Å². The van der Waals surface area contributed by atoms with E-state index in [2.05, 4.69) is 17.0 Å². The Morgan fingerprint density at radius 2 is 2.10 bits per heavy atom. The Labute approximate surface area is 131 Å². The van der Waals surface area contributed by atoms with Crippen LogP contribution in [0.2, 0.25) is 5.02 Å². The van der Waals surface area contributed by atoms with Gasteiger partial charge in [-0.15, -0.1) is 12.4 Å². The van der Waals surface area contributed by atoms with Crippen molar-refractivity contribution in [2.24, 2.45) is 5.92 Å². The molecule has 0 aliphatic carbocycles.